The zero-order chi connectivity index (χ0) is 17.7. The number of nitrogens with one attached hydrogen (secondary N) is 2. The van der Waals surface area contributed by atoms with Crippen LogP contribution in [0.3, 0.4) is 0 Å². The molecule has 3 rings (SSSR count). The lowest BCUT2D eigenvalue weighted by molar-refractivity contribution is 0.0505. The monoisotopic (exact) mass is 348 g/mol. The molecule has 1 fully saturated rings. The maximum Gasteiger partial charge on any atom is 0.315 e. The second kappa shape index (κ2) is 7.97. The van der Waals surface area contributed by atoms with Gasteiger partial charge < -0.3 is 20.5 Å². The van der Waals surface area contributed by atoms with Gasteiger partial charge in [-0.2, -0.15) is 0 Å². The summed E-state index contributed by atoms with van der Waals surface area (Å²) in [6, 6.07) is 6.31. The summed E-state index contributed by atoms with van der Waals surface area (Å²) in [7, 11) is 0. The largest absolute Gasteiger partial charge is 0.396 e. The fraction of sp³-hybridized carbons (Fsp3) is 0.526. The Labute approximate surface area is 147 Å². The summed E-state index contributed by atoms with van der Waals surface area (Å²) in [6.07, 6.45) is 6.04. The van der Waals surface area contributed by atoms with Crippen LogP contribution in [0.4, 0.5) is 9.18 Å². The number of carbonyl (C=O) groups excluding carboxylic acids is 1. The third-order valence-electron chi connectivity index (χ3n) is 5.20. The Kier molecular flexibility index (Phi) is 5.71. The quantitative estimate of drug-likeness (QED) is 0.714. The molecule has 2 amide bonds. The van der Waals surface area contributed by atoms with E-state index in [4.69, 9.17) is 9.84 Å². The van der Waals surface area contributed by atoms with Crippen molar-refractivity contribution < 1.29 is 19.0 Å². The van der Waals surface area contributed by atoms with Gasteiger partial charge in [0.25, 0.3) is 0 Å². The summed E-state index contributed by atoms with van der Waals surface area (Å²) < 4.78 is 19.1. The number of urea groups is 1. The fourth-order valence-electron chi connectivity index (χ4n) is 3.63. The first-order valence-electron chi connectivity index (χ1n) is 8.79. The summed E-state index contributed by atoms with van der Waals surface area (Å²) in [5.41, 5.74) is 0.592. The van der Waals surface area contributed by atoms with E-state index in [2.05, 4.69) is 10.6 Å². The van der Waals surface area contributed by atoms with E-state index in [-0.39, 0.29) is 35.8 Å². The Hall–Kier alpha value is -1.92. The molecule has 0 spiro atoms. The molecule has 2 aliphatic rings. The number of benzene rings is 1. The molecule has 1 aromatic carbocycles. The van der Waals surface area contributed by atoms with Crippen LogP contribution in [0.15, 0.2) is 36.4 Å². The first kappa shape index (κ1) is 17.9. The first-order valence-corrected chi connectivity index (χ1v) is 8.79. The Morgan fingerprint density at radius 3 is 2.80 bits per heavy atom. The molecule has 25 heavy (non-hydrogen) atoms. The Morgan fingerprint density at radius 2 is 2.12 bits per heavy atom. The van der Waals surface area contributed by atoms with Crippen LogP contribution in [0.5, 0.6) is 0 Å². The summed E-state index contributed by atoms with van der Waals surface area (Å²) >= 11 is 0. The molecule has 5 nitrogen and oxygen atoms in total. The second-order valence-electron chi connectivity index (χ2n) is 6.90. The molecule has 1 aromatic rings. The van der Waals surface area contributed by atoms with Crippen molar-refractivity contribution in [2.75, 3.05) is 26.4 Å². The van der Waals surface area contributed by atoms with E-state index in [0.717, 1.165) is 18.4 Å². The summed E-state index contributed by atoms with van der Waals surface area (Å²) in [5.74, 6) is -0.154. The van der Waals surface area contributed by atoms with Crippen molar-refractivity contribution in [3.63, 3.8) is 0 Å². The smallest absolute Gasteiger partial charge is 0.315 e. The number of ether oxygens (including phenoxy) is 1. The van der Waals surface area contributed by atoms with Gasteiger partial charge in [0.1, 0.15) is 5.82 Å². The molecule has 1 aliphatic heterocycles. The van der Waals surface area contributed by atoms with Crippen LogP contribution in [-0.4, -0.2) is 43.5 Å². The second-order valence-corrected chi connectivity index (χ2v) is 6.90. The van der Waals surface area contributed by atoms with Crippen molar-refractivity contribution in [3.05, 3.63) is 47.8 Å². The summed E-state index contributed by atoms with van der Waals surface area (Å²) in [4.78, 5) is 12.3. The zero-order valence-corrected chi connectivity index (χ0v) is 14.2. The van der Waals surface area contributed by atoms with Crippen molar-refractivity contribution in [1.82, 2.24) is 10.6 Å². The van der Waals surface area contributed by atoms with Crippen LogP contribution < -0.4 is 10.6 Å². The highest BCUT2D eigenvalue weighted by atomic mass is 19.1. The van der Waals surface area contributed by atoms with Crippen molar-refractivity contribution in [2.24, 2.45) is 5.92 Å². The normalized spacial score (nSPS) is 24.9. The highest BCUT2D eigenvalue weighted by Crippen LogP contribution is 2.34. The fourth-order valence-corrected chi connectivity index (χ4v) is 3.63. The van der Waals surface area contributed by atoms with Crippen LogP contribution in [0.2, 0.25) is 0 Å². The van der Waals surface area contributed by atoms with Crippen LogP contribution in [0, 0.1) is 11.7 Å². The molecule has 0 unspecified atom stereocenters. The van der Waals surface area contributed by atoms with Gasteiger partial charge in [0.15, 0.2) is 0 Å². The minimum atomic E-state index is -0.309. The number of aliphatic hydroxyl groups excluding tert-OH is 1. The van der Waals surface area contributed by atoms with Crippen LogP contribution >= 0.6 is 0 Å². The summed E-state index contributed by atoms with van der Waals surface area (Å²) in [6.45, 7) is 1.73. The predicted octanol–water partition coefficient (Wildman–Crippen LogP) is 2.11. The van der Waals surface area contributed by atoms with Gasteiger partial charge in [-0.15, -0.1) is 0 Å². The molecule has 0 aromatic heterocycles. The standard InChI is InChI=1S/C19H25FN2O3/c20-16-3-1-2-15(11-16)19(6-8-25-9-7-19)13-21-18(24)22-17-5-4-14(10-17)12-23/h1-5,11,14,17,23H,6-10,12-13H2,(H2,21,22,24)/t14-,17+/m0/s1. The zero-order valence-electron chi connectivity index (χ0n) is 14.2. The highest BCUT2D eigenvalue weighted by molar-refractivity contribution is 5.74. The van der Waals surface area contributed by atoms with Gasteiger partial charge >= 0.3 is 6.03 Å². The molecule has 1 heterocycles. The maximum absolute atomic E-state index is 13.7. The minimum absolute atomic E-state index is 0.0584. The van der Waals surface area contributed by atoms with Crippen LogP contribution in [0.25, 0.3) is 0 Å². The Balaban J connectivity index is 1.61. The molecule has 0 radical (unpaired) electrons. The molecule has 0 bridgehead atoms. The highest BCUT2D eigenvalue weighted by Gasteiger charge is 2.35. The molecule has 2 atom stereocenters. The number of halogens is 1. The van der Waals surface area contributed by atoms with Gasteiger partial charge in [0, 0.05) is 43.7 Å². The number of hydrogen-bond donors (Lipinski definition) is 3. The molecule has 1 aliphatic carbocycles. The van der Waals surface area contributed by atoms with E-state index >= 15 is 0 Å². The SMILES string of the molecule is O=C(NCC1(c2cccc(F)c2)CCOCC1)N[C@@H]1C=C[C@H](CO)C1. The molecular weight excluding hydrogens is 323 g/mol. The van der Waals surface area contributed by atoms with E-state index in [1.165, 1.54) is 6.07 Å². The van der Waals surface area contributed by atoms with Gasteiger partial charge in [0.2, 0.25) is 0 Å². The minimum Gasteiger partial charge on any atom is -0.396 e. The number of amides is 2. The molecule has 1 saturated heterocycles. The average Bonchev–Trinajstić information content (AvgIpc) is 3.08. The molecular formula is C19H25FN2O3. The number of rotatable bonds is 5. The average molecular weight is 348 g/mol. The number of aliphatic hydroxyl groups is 1. The number of carbonyl (C=O) groups is 1. The Morgan fingerprint density at radius 1 is 1.32 bits per heavy atom. The van der Waals surface area contributed by atoms with Crippen LogP contribution in [-0.2, 0) is 10.2 Å². The van der Waals surface area contributed by atoms with Gasteiger partial charge in [-0.05, 0) is 37.0 Å². The molecule has 6 heteroatoms. The number of hydrogen-bond acceptors (Lipinski definition) is 3. The van der Waals surface area contributed by atoms with Gasteiger partial charge in [-0.3, -0.25) is 0 Å². The van der Waals surface area contributed by atoms with Crippen molar-refractivity contribution in [2.45, 2.75) is 30.7 Å². The first-order chi connectivity index (χ1) is 12.1. The van der Waals surface area contributed by atoms with E-state index in [1.807, 2.05) is 18.2 Å². The van der Waals surface area contributed by atoms with Crippen molar-refractivity contribution >= 4 is 6.03 Å². The maximum atomic E-state index is 13.7. The lowest BCUT2D eigenvalue weighted by Gasteiger charge is -2.38. The predicted molar refractivity (Wildman–Crippen MR) is 92.8 cm³/mol. The van der Waals surface area contributed by atoms with E-state index in [9.17, 15) is 9.18 Å². The van der Waals surface area contributed by atoms with Crippen LogP contribution in [0.1, 0.15) is 24.8 Å². The lowest BCUT2D eigenvalue weighted by Crippen LogP contribution is -2.49. The van der Waals surface area contributed by atoms with Gasteiger partial charge in [-0.1, -0.05) is 24.3 Å². The third-order valence-corrected chi connectivity index (χ3v) is 5.20. The van der Waals surface area contributed by atoms with Crippen molar-refractivity contribution in [1.29, 1.82) is 0 Å². The lowest BCUT2D eigenvalue weighted by atomic mass is 9.74. The summed E-state index contributed by atoms with van der Waals surface area (Å²) in [5, 5.41) is 15.0. The molecule has 0 saturated carbocycles. The topological polar surface area (TPSA) is 70.6 Å². The van der Waals surface area contributed by atoms with E-state index in [1.54, 1.807) is 12.1 Å². The molecule has 136 valence electrons. The van der Waals surface area contributed by atoms with E-state index in [0.29, 0.717) is 26.2 Å². The van der Waals surface area contributed by atoms with Crippen molar-refractivity contribution in [3.8, 4) is 0 Å². The van der Waals surface area contributed by atoms with E-state index < -0.39 is 0 Å². The van der Waals surface area contributed by atoms with Gasteiger partial charge in [-0.25, -0.2) is 9.18 Å². The van der Waals surface area contributed by atoms with Gasteiger partial charge in [0.05, 0.1) is 0 Å². The Bertz CT molecular complexity index is 629. The third kappa shape index (κ3) is 4.38. The molecule has 3 N–H and O–H groups in total.